The first kappa shape index (κ1) is 25.8. The lowest BCUT2D eigenvalue weighted by atomic mass is 10.1. The largest absolute Gasteiger partial charge is 0.416 e. The van der Waals surface area contributed by atoms with Crippen LogP contribution in [0.15, 0.2) is 97.3 Å². The molecule has 190 valence electrons. The zero-order valence-corrected chi connectivity index (χ0v) is 19.9. The summed E-state index contributed by atoms with van der Waals surface area (Å²) in [5, 5.41) is 5.86. The van der Waals surface area contributed by atoms with Crippen molar-refractivity contribution in [1.82, 2.24) is 20.2 Å². The van der Waals surface area contributed by atoms with Crippen LogP contribution in [0, 0.1) is 0 Å². The Morgan fingerprint density at radius 1 is 0.811 bits per heavy atom. The van der Waals surface area contributed by atoms with Crippen LogP contribution >= 0.6 is 0 Å². The van der Waals surface area contributed by atoms with Gasteiger partial charge in [-0.05, 0) is 54.6 Å². The van der Waals surface area contributed by atoms with Gasteiger partial charge in [0.2, 0.25) is 0 Å². The molecule has 0 bridgehead atoms. The molecular weight excluding hydrogens is 479 g/mol. The Morgan fingerprint density at radius 3 is 2.08 bits per heavy atom. The van der Waals surface area contributed by atoms with Gasteiger partial charge in [0.05, 0.1) is 28.2 Å². The lowest BCUT2D eigenvalue weighted by Gasteiger charge is -2.22. The Hall–Kier alpha value is -4.24. The van der Waals surface area contributed by atoms with Crippen molar-refractivity contribution in [3.63, 3.8) is 0 Å². The maximum absolute atomic E-state index is 13.1. The average Bonchev–Trinajstić information content (AvgIpc) is 2.90. The van der Waals surface area contributed by atoms with Gasteiger partial charge in [0.1, 0.15) is 0 Å². The van der Waals surface area contributed by atoms with E-state index in [0.29, 0.717) is 37.4 Å². The highest BCUT2D eigenvalue weighted by Gasteiger charge is 2.30. The van der Waals surface area contributed by atoms with Crippen LogP contribution in [0.3, 0.4) is 0 Å². The number of anilines is 2. The van der Waals surface area contributed by atoms with Crippen molar-refractivity contribution >= 4 is 17.3 Å². The monoisotopic (exact) mass is 505 g/mol. The summed E-state index contributed by atoms with van der Waals surface area (Å²) >= 11 is 0. The minimum absolute atomic E-state index is 0.243. The number of aromatic nitrogens is 2. The third-order valence-corrected chi connectivity index (χ3v) is 5.58. The highest BCUT2D eigenvalue weighted by Crippen LogP contribution is 2.31. The van der Waals surface area contributed by atoms with Crippen LogP contribution < -0.4 is 10.6 Å². The van der Waals surface area contributed by atoms with Crippen molar-refractivity contribution < 1.29 is 18.0 Å². The Balaban J connectivity index is 1.41. The van der Waals surface area contributed by atoms with Gasteiger partial charge >= 0.3 is 6.18 Å². The van der Waals surface area contributed by atoms with Crippen LogP contribution in [0.1, 0.15) is 27.3 Å². The number of pyridine rings is 2. The summed E-state index contributed by atoms with van der Waals surface area (Å²) in [5.74, 6) is -0.328. The number of para-hydroxylation sites is 1. The quantitative estimate of drug-likeness (QED) is 0.291. The molecular formula is C28H26F3N5O. The second kappa shape index (κ2) is 12.1. The number of benzene rings is 2. The molecule has 4 rings (SSSR count). The Labute approximate surface area is 213 Å². The molecule has 0 fully saturated rings. The molecule has 0 spiro atoms. The van der Waals surface area contributed by atoms with Crippen LogP contribution in [-0.2, 0) is 19.3 Å². The van der Waals surface area contributed by atoms with Gasteiger partial charge in [0.25, 0.3) is 5.91 Å². The van der Waals surface area contributed by atoms with Gasteiger partial charge in [-0.1, -0.05) is 30.3 Å². The number of halogens is 3. The molecule has 0 saturated heterocycles. The summed E-state index contributed by atoms with van der Waals surface area (Å²) in [7, 11) is 0. The van der Waals surface area contributed by atoms with E-state index < -0.39 is 11.7 Å². The third-order valence-electron chi connectivity index (χ3n) is 5.58. The molecule has 6 nitrogen and oxygen atoms in total. The molecule has 4 aromatic rings. The molecule has 0 aliphatic carbocycles. The first-order valence-electron chi connectivity index (χ1n) is 11.7. The van der Waals surface area contributed by atoms with E-state index in [1.54, 1.807) is 36.7 Å². The topological polar surface area (TPSA) is 70.2 Å². The number of carbonyl (C=O) groups excluding carboxylic acids is 1. The minimum atomic E-state index is -4.45. The van der Waals surface area contributed by atoms with E-state index in [-0.39, 0.29) is 11.6 Å². The number of amides is 1. The van der Waals surface area contributed by atoms with E-state index in [1.807, 2.05) is 36.4 Å². The number of hydrogen-bond acceptors (Lipinski definition) is 5. The predicted octanol–water partition coefficient (Wildman–Crippen LogP) is 5.67. The van der Waals surface area contributed by atoms with Crippen molar-refractivity contribution in [2.45, 2.75) is 19.3 Å². The molecule has 2 aromatic carbocycles. The third kappa shape index (κ3) is 7.62. The molecule has 0 unspecified atom stereocenters. The van der Waals surface area contributed by atoms with Crippen molar-refractivity contribution in [3.8, 4) is 0 Å². The fraction of sp³-hybridized carbons (Fsp3) is 0.179. The summed E-state index contributed by atoms with van der Waals surface area (Å²) in [6.45, 7) is 2.07. The molecule has 1 amide bonds. The van der Waals surface area contributed by atoms with Crippen LogP contribution in [0.25, 0.3) is 0 Å². The zero-order valence-electron chi connectivity index (χ0n) is 19.9. The van der Waals surface area contributed by atoms with Crippen LogP contribution in [0.2, 0.25) is 0 Å². The lowest BCUT2D eigenvalue weighted by Crippen LogP contribution is -2.35. The standard InChI is InChI=1S/C28H26F3N5O/c29-28(30,31)21-8-7-11-22(18-21)35-26-13-2-1-12-25(26)27(37)34-16-17-36(19-23-9-3-5-14-32-23)20-24-10-4-6-15-33-24/h1-15,18,35H,16-17,19-20H2,(H,34,37). The molecule has 37 heavy (non-hydrogen) atoms. The summed E-state index contributed by atoms with van der Waals surface area (Å²) < 4.78 is 39.3. The molecule has 2 heterocycles. The van der Waals surface area contributed by atoms with Gasteiger partial charge in [0, 0.05) is 44.3 Å². The van der Waals surface area contributed by atoms with Crippen LogP contribution in [0.5, 0.6) is 0 Å². The summed E-state index contributed by atoms with van der Waals surface area (Å²) in [4.78, 5) is 23.9. The number of rotatable bonds is 10. The first-order valence-corrected chi connectivity index (χ1v) is 11.7. The second-order valence-corrected chi connectivity index (χ2v) is 8.36. The smallest absolute Gasteiger partial charge is 0.355 e. The average molecular weight is 506 g/mol. The molecule has 0 saturated carbocycles. The maximum atomic E-state index is 13.1. The normalized spacial score (nSPS) is 11.4. The predicted molar refractivity (Wildman–Crippen MR) is 136 cm³/mol. The second-order valence-electron chi connectivity index (χ2n) is 8.36. The number of nitrogens with zero attached hydrogens (tertiary/aromatic N) is 3. The van der Waals surface area contributed by atoms with Crippen LogP contribution in [-0.4, -0.2) is 33.9 Å². The summed E-state index contributed by atoms with van der Waals surface area (Å²) in [5.41, 5.74) is 2.03. The fourth-order valence-corrected chi connectivity index (χ4v) is 3.80. The lowest BCUT2D eigenvalue weighted by molar-refractivity contribution is -0.137. The van der Waals surface area contributed by atoms with Crippen molar-refractivity contribution in [2.75, 3.05) is 18.4 Å². The molecule has 0 aliphatic rings. The Kier molecular flexibility index (Phi) is 8.48. The fourth-order valence-electron chi connectivity index (χ4n) is 3.80. The van der Waals surface area contributed by atoms with E-state index in [2.05, 4.69) is 25.5 Å². The van der Waals surface area contributed by atoms with Crippen LogP contribution in [0.4, 0.5) is 24.5 Å². The molecule has 0 aliphatic heterocycles. The molecule has 0 atom stereocenters. The van der Waals surface area contributed by atoms with Gasteiger partial charge < -0.3 is 10.6 Å². The molecule has 2 aromatic heterocycles. The van der Waals surface area contributed by atoms with E-state index in [4.69, 9.17) is 0 Å². The van der Waals surface area contributed by atoms with E-state index in [1.165, 1.54) is 12.1 Å². The van der Waals surface area contributed by atoms with Gasteiger partial charge in [-0.3, -0.25) is 19.7 Å². The number of nitrogens with one attached hydrogen (secondary N) is 2. The number of alkyl halides is 3. The van der Waals surface area contributed by atoms with Crippen molar-refractivity contribution in [2.24, 2.45) is 0 Å². The minimum Gasteiger partial charge on any atom is -0.355 e. The van der Waals surface area contributed by atoms with E-state index in [9.17, 15) is 18.0 Å². The van der Waals surface area contributed by atoms with Gasteiger partial charge in [-0.25, -0.2) is 0 Å². The summed E-state index contributed by atoms with van der Waals surface area (Å²) in [6.07, 6.45) is -0.972. The van der Waals surface area contributed by atoms with E-state index >= 15 is 0 Å². The maximum Gasteiger partial charge on any atom is 0.416 e. The molecule has 9 heteroatoms. The van der Waals surface area contributed by atoms with Gasteiger partial charge in [-0.15, -0.1) is 0 Å². The SMILES string of the molecule is O=C(NCCN(Cc1ccccn1)Cc1ccccn1)c1ccccc1Nc1cccc(C(F)(F)F)c1. The number of carbonyl (C=O) groups is 1. The Bertz CT molecular complexity index is 1260. The van der Waals surface area contributed by atoms with E-state index in [0.717, 1.165) is 23.5 Å². The van der Waals surface area contributed by atoms with Gasteiger partial charge in [-0.2, -0.15) is 13.2 Å². The zero-order chi connectivity index (χ0) is 26.1. The Morgan fingerprint density at radius 2 is 1.46 bits per heavy atom. The van der Waals surface area contributed by atoms with Crippen molar-refractivity contribution in [1.29, 1.82) is 0 Å². The molecule has 0 radical (unpaired) electrons. The summed E-state index contributed by atoms with van der Waals surface area (Å²) in [6, 6.07) is 23.0. The number of hydrogen-bond donors (Lipinski definition) is 2. The molecule has 2 N–H and O–H groups in total. The van der Waals surface area contributed by atoms with Crippen molar-refractivity contribution in [3.05, 3.63) is 120 Å². The highest BCUT2D eigenvalue weighted by atomic mass is 19.4. The highest BCUT2D eigenvalue weighted by molar-refractivity contribution is 6.00. The van der Waals surface area contributed by atoms with Gasteiger partial charge in [0.15, 0.2) is 0 Å². The first-order chi connectivity index (χ1) is 17.9.